The Hall–Kier alpha value is -0.770. The van der Waals surface area contributed by atoms with Gasteiger partial charge in [0, 0.05) is 6.42 Å². The smallest absolute Gasteiger partial charge is 0.144 e. The predicted molar refractivity (Wildman–Crippen MR) is 47.2 cm³/mol. The van der Waals surface area contributed by atoms with Crippen molar-refractivity contribution in [3.8, 4) is 12.3 Å². The van der Waals surface area contributed by atoms with Crippen molar-refractivity contribution >= 4 is 5.78 Å². The number of carbonyl (C=O) groups is 1. The average Bonchev–Trinajstić information content (AvgIpc) is 1.99. The van der Waals surface area contributed by atoms with Gasteiger partial charge in [-0.25, -0.2) is 0 Å². The van der Waals surface area contributed by atoms with E-state index in [2.05, 4.69) is 12.8 Å². The van der Waals surface area contributed by atoms with Gasteiger partial charge >= 0.3 is 0 Å². The van der Waals surface area contributed by atoms with Gasteiger partial charge in [-0.15, -0.1) is 6.42 Å². The van der Waals surface area contributed by atoms with E-state index in [4.69, 9.17) is 6.42 Å². The lowest BCUT2D eigenvalue weighted by Gasteiger charge is -1.95. The molecule has 0 saturated heterocycles. The van der Waals surface area contributed by atoms with Gasteiger partial charge in [0.2, 0.25) is 0 Å². The molecule has 1 heteroatoms. The highest BCUT2D eigenvalue weighted by Gasteiger charge is 1.97. The van der Waals surface area contributed by atoms with Crippen molar-refractivity contribution < 1.29 is 4.79 Å². The maximum Gasteiger partial charge on any atom is 0.144 e. The summed E-state index contributed by atoms with van der Waals surface area (Å²) in [5.74, 6) is 2.57. The monoisotopic (exact) mass is 152 g/mol. The molecular weight excluding hydrogens is 136 g/mol. The zero-order chi connectivity index (χ0) is 8.53. The summed E-state index contributed by atoms with van der Waals surface area (Å²) < 4.78 is 0. The van der Waals surface area contributed by atoms with Crippen LogP contribution in [0.25, 0.3) is 0 Å². The van der Waals surface area contributed by atoms with Crippen LogP contribution in [0.4, 0.5) is 0 Å². The summed E-state index contributed by atoms with van der Waals surface area (Å²) in [6, 6.07) is 0. The highest BCUT2D eigenvalue weighted by atomic mass is 16.1. The molecule has 1 nitrogen and oxygen atoms in total. The van der Waals surface area contributed by atoms with Crippen molar-refractivity contribution in [1.82, 2.24) is 0 Å². The minimum absolute atomic E-state index is 0.212. The summed E-state index contributed by atoms with van der Waals surface area (Å²) in [4.78, 5) is 10.9. The molecule has 0 fully saturated rings. The van der Waals surface area contributed by atoms with Gasteiger partial charge in [-0.3, -0.25) is 4.79 Å². The van der Waals surface area contributed by atoms with E-state index in [-0.39, 0.29) is 5.78 Å². The summed E-state index contributed by atoms with van der Waals surface area (Å²) in [5, 5.41) is 0. The van der Waals surface area contributed by atoms with Crippen LogP contribution in [0.2, 0.25) is 0 Å². The van der Waals surface area contributed by atoms with Crippen molar-refractivity contribution in [1.29, 1.82) is 0 Å². The van der Waals surface area contributed by atoms with Crippen molar-refractivity contribution in [2.45, 2.75) is 45.4 Å². The summed E-state index contributed by atoms with van der Waals surface area (Å²) in [6.07, 6.45) is 10.6. The highest BCUT2D eigenvalue weighted by molar-refractivity contribution is 5.80. The molecule has 0 radical (unpaired) electrons. The quantitative estimate of drug-likeness (QED) is 0.422. The third-order valence-corrected chi connectivity index (χ3v) is 1.61. The van der Waals surface area contributed by atoms with E-state index in [0.717, 1.165) is 12.8 Å². The number of carbonyl (C=O) groups excluding carboxylic acids is 1. The van der Waals surface area contributed by atoms with Gasteiger partial charge in [0.25, 0.3) is 0 Å². The molecule has 0 N–H and O–H groups in total. The molecule has 0 rings (SSSR count). The molecule has 0 unspecified atom stereocenters. The van der Waals surface area contributed by atoms with Crippen molar-refractivity contribution in [2.24, 2.45) is 0 Å². The SMILES string of the molecule is C#CCC(=O)CCCCCC. The lowest BCUT2D eigenvalue weighted by atomic mass is 10.1. The van der Waals surface area contributed by atoms with E-state index < -0.39 is 0 Å². The normalized spacial score (nSPS) is 9.09. The lowest BCUT2D eigenvalue weighted by molar-refractivity contribution is -0.118. The van der Waals surface area contributed by atoms with E-state index >= 15 is 0 Å². The van der Waals surface area contributed by atoms with Gasteiger partial charge in [-0.2, -0.15) is 0 Å². The second-order valence-electron chi connectivity index (χ2n) is 2.73. The molecule has 0 aromatic carbocycles. The topological polar surface area (TPSA) is 17.1 Å². The van der Waals surface area contributed by atoms with Gasteiger partial charge in [0.15, 0.2) is 0 Å². The first kappa shape index (κ1) is 10.2. The molecule has 0 aliphatic carbocycles. The van der Waals surface area contributed by atoms with Crippen LogP contribution in [-0.4, -0.2) is 5.78 Å². The summed E-state index contributed by atoms with van der Waals surface area (Å²) in [5.41, 5.74) is 0. The van der Waals surface area contributed by atoms with Gasteiger partial charge in [-0.1, -0.05) is 32.1 Å². The number of rotatable bonds is 6. The third-order valence-electron chi connectivity index (χ3n) is 1.61. The van der Waals surface area contributed by atoms with Crippen LogP contribution in [0.1, 0.15) is 45.4 Å². The maximum atomic E-state index is 10.9. The fraction of sp³-hybridized carbons (Fsp3) is 0.700. The van der Waals surface area contributed by atoms with Crippen molar-refractivity contribution in [3.63, 3.8) is 0 Å². The van der Waals surface area contributed by atoms with E-state index in [9.17, 15) is 4.79 Å². The molecule has 0 aliphatic rings. The molecule has 0 amide bonds. The minimum Gasteiger partial charge on any atom is -0.299 e. The number of terminal acetylenes is 1. The Labute approximate surface area is 69.2 Å². The number of hydrogen-bond acceptors (Lipinski definition) is 1. The standard InChI is InChI=1S/C10H16O/c1-3-5-6-7-9-10(11)8-4-2/h2H,3,5-9H2,1H3. The Morgan fingerprint density at radius 2 is 2.09 bits per heavy atom. The minimum atomic E-state index is 0.212. The summed E-state index contributed by atoms with van der Waals surface area (Å²) in [6.45, 7) is 2.16. The van der Waals surface area contributed by atoms with Crippen LogP contribution in [0.15, 0.2) is 0 Å². The molecular formula is C10H16O. The Balaban J connectivity index is 3.12. The molecule has 0 atom stereocenters. The zero-order valence-corrected chi connectivity index (χ0v) is 7.23. The van der Waals surface area contributed by atoms with E-state index in [1.54, 1.807) is 0 Å². The summed E-state index contributed by atoms with van der Waals surface area (Å²) >= 11 is 0. The molecule has 0 aromatic heterocycles. The van der Waals surface area contributed by atoms with E-state index in [0.29, 0.717) is 12.8 Å². The van der Waals surface area contributed by atoms with Crippen LogP contribution >= 0.6 is 0 Å². The largest absolute Gasteiger partial charge is 0.299 e. The van der Waals surface area contributed by atoms with Crippen LogP contribution in [0.5, 0.6) is 0 Å². The van der Waals surface area contributed by atoms with Crippen molar-refractivity contribution in [3.05, 3.63) is 0 Å². The van der Waals surface area contributed by atoms with Crippen LogP contribution in [0.3, 0.4) is 0 Å². The van der Waals surface area contributed by atoms with Crippen LogP contribution < -0.4 is 0 Å². The van der Waals surface area contributed by atoms with Gasteiger partial charge in [0.05, 0.1) is 6.42 Å². The Bertz CT molecular complexity index is 141. The fourth-order valence-electron chi connectivity index (χ4n) is 0.951. The van der Waals surface area contributed by atoms with Gasteiger partial charge < -0.3 is 0 Å². The Morgan fingerprint density at radius 1 is 1.36 bits per heavy atom. The molecule has 0 spiro atoms. The molecule has 0 bridgehead atoms. The number of unbranched alkanes of at least 4 members (excludes halogenated alkanes) is 3. The first-order chi connectivity index (χ1) is 5.31. The first-order valence-corrected chi connectivity index (χ1v) is 4.26. The molecule has 0 saturated carbocycles. The van der Waals surface area contributed by atoms with Crippen LogP contribution in [0, 0.1) is 12.3 Å². The van der Waals surface area contributed by atoms with Crippen molar-refractivity contribution in [2.75, 3.05) is 0 Å². The number of ketones is 1. The first-order valence-electron chi connectivity index (χ1n) is 4.26. The molecule has 0 aromatic rings. The summed E-state index contributed by atoms with van der Waals surface area (Å²) in [7, 11) is 0. The Kier molecular flexibility index (Phi) is 6.82. The number of Topliss-reactive ketones (excluding diaryl/α,β-unsaturated/α-hetero) is 1. The second kappa shape index (κ2) is 7.34. The molecule has 62 valence electrons. The fourth-order valence-corrected chi connectivity index (χ4v) is 0.951. The maximum absolute atomic E-state index is 10.9. The zero-order valence-electron chi connectivity index (χ0n) is 7.23. The van der Waals surface area contributed by atoms with E-state index in [1.807, 2.05) is 0 Å². The predicted octanol–water partition coefficient (Wildman–Crippen LogP) is 2.55. The molecule has 11 heavy (non-hydrogen) atoms. The highest BCUT2D eigenvalue weighted by Crippen LogP contribution is 2.03. The third kappa shape index (κ3) is 7.12. The lowest BCUT2D eigenvalue weighted by Crippen LogP contribution is -1.94. The molecule has 0 aliphatic heterocycles. The Morgan fingerprint density at radius 3 is 2.64 bits per heavy atom. The second-order valence-corrected chi connectivity index (χ2v) is 2.73. The van der Waals surface area contributed by atoms with E-state index in [1.165, 1.54) is 12.8 Å². The van der Waals surface area contributed by atoms with Gasteiger partial charge in [-0.05, 0) is 6.42 Å². The average molecular weight is 152 g/mol. The molecule has 0 heterocycles. The number of hydrogen-bond donors (Lipinski definition) is 0. The van der Waals surface area contributed by atoms with Gasteiger partial charge in [0.1, 0.15) is 5.78 Å². The van der Waals surface area contributed by atoms with Crippen LogP contribution in [-0.2, 0) is 4.79 Å².